The monoisotopic (exact) mass is 224 g/mol. The Morgan fingerprint density at radius 1 is 1.25 bits per heavy atom. The van der Waals surface area contributed by atoms with Gasteiger partial charge in [-0.25, -0.2) is 9.18 Å². The van der Waals surface area contributed by atoms with E-state index in [4.69, 9.17) is 10.2 Å². The van der Waals surface area contributed by atoms with E-state index in [9.17, 15) is 14.0 Å². The summed E-state index contributed by atoms with van der Waals surface area (Å²) in [4.78, 5) is 21.1. The molecule has 0 bridgehead atoms. The molecule has 0 unspecified atom stereocenters. The third-order valence-corrected chi connectivity index (χ3v) is 1.85. The quantitative estimate of drug-likeness (QED) is 0.764. The lowest BCUT2D eigenvalue weighted by molar-refractivity contribution is -0.139. The highest BCUT2D eigenvalue weighted by molar-refractivity contribution is 5.96. The minimum Gasteiger partial charge on any atom is -0.481 e. The molecule has 0 heterocycles. The van der Waals surface area contributed by atoms with Crippen molar-refractivity contribution in [3.05, 3.63) is 41.2 Å². The summed E-state index contributed by atoms with van der Waals surface area (Å²) in [5.74, 6) is -3.23. The number of carbonyl (C=O) groups is 2. The first kappa shape index (κ1) is 11.9. The zero-order valence-electron chi connectivity index (χ0n) is 8.18. The van der Waals surface area contributed by atoms with Crippen molar-refractivity contribution in [2.75, 3.05) is 0 Å². The fraction of sp³-hybridized carbons (Fsp3) is 0.0909. The van der Waals surface area contributed by atoms with Gasteiger partial charge < -0.3 is 10.2 Å². The van der Waals surface area contributed by atoms with E-state index in [1.807, 2.05) is 0 Å². The van der Waals surface area contributed by atoms with Gasteiger partial charge in [0.05, 0.1) is 6.42 Å². The van der Waals surface area contributed by atoms with Gasteiger partial charge in [0.1, 0.15) is 5.82 Å². The lowest BCUT2D eigenvalue weighted by atomic mass is 10.1. The average Bonchev–Trinajstić information content (AvgIpc) is 2.19. The van der Waals surface area contributed by atoms with Crippen molar-refractivity contribution in [1.82, 2.24) is 0 Å². The molecule has 0 atom stereocenters. The third-order valence-electron chi connectivity index (χ3n) is 1.85. The standard InChI is InChI=1S/C11H9FO4/c12-9-4-2-1-3-7(9)5-8(11(15)16)6-10(13)14/h1-5H,6H2,(H,13,14)(H,15,16)/b8-5-. The summed E-state index contributed by atoms with van der Waals surface area (Å²) in [6.07, 6.45) is 0.370. The number of benzene rings is 1. The first-order valence-corrected chi connectivity index (χ1v) is 4.41. The second-order valence-electron chi connectivity index (χ2n) is 3.07. The Balaban J connectivity index is 3.07. The zero-order valence-corrected chi connectivity index (χ0v) is 8.18. The molecule has 1 aromatic carbocycles. The van der Waals surface area contributed by atoms with Crippen LogP contribution in [0.2, 0.25) is 0 Å². The second kappa shape index (κ2) is 5.06. The molecule has 0 radical (unpaired) electrons. The maximum atomic E-state index is 13.2. The first-order valence-electron chi connectivity index (χ1n) is 4.41. The molecule has 16 heavy (non-hydrogen) atoms. The molecule has 0 spiro atoms. The number of carboxylic acid groups (broad SMARTS) is 2. The fourth-order valence-corrected chi connectivity index (χ4v) is 1.13. The second-order valence-corrected chi connectivity index (χ2v) is 3.07. The Hall–Kier alpha value is -2.17. The van der Waals surface area contributed by atoms with E-state index < -0.39 is 24.2 Å². The largest absolute Gasteiger partial charge is 0.481 e. The Kier molecular flexibility index (Phi) is 3.77. The van der Waals surface area contributed by atoms with Crippen LogP contribution in [0.15, 0.2) is 29.8 Å². The topological polar surface area (TPSA) is 74.6 Å². The van der Waals surface area contributed by atoms with Crippen molar-refractivity contribution < 1.29 is 24.2 Å². The van der Waals surface area contributed by atoms with Crippen molar-refractivity contribution in [2.24, 2.45) is 0 Å². The Labute approximate surface area is 90.6 Å². The molecule has 5 heteroatoms. The van der Waals surface area contributed by atoms with Gasteiger partial charge in [0, 0.05) is 11.1 Å². The van der Waals surface area contributed by atoms with Crippen LogP contribution in [0.25, 0.3) is 6.08 Å². The molecule has 0 saturated heterocycles. The van der Waals surface area contributed by atoms with Gasteiger partial charge in [0.2, 0.25) is 0 Å². The molecule has 0 aliphatic rings. The predicted molar refractivity (Wildman–Crippen MR) is 54.3 cm³/mol. The Morgan fingerprint density at radius 2 is 1.88 bits per heavy atom. The molecule has 4 nitrogen and oxygen atoms in total. The Morgan fingerprint density at radius 3 is 2.38 bits per heavy atom. The van der Waals surface area contributed by atoms with Crippen LogP contribution in [-0.2, 0) is 9.59 Å². The van der Waals surface area contributed by atoms with E-state index in [1.165, 1.54) is 24.3 Å². The molecule has 0 amide bonds. The van der Waals surface area contributed by atoms with Crippen LogP contribution in [0.3, 0.4) is 0 Å². The predicted octanol–water partition coefficient (Wildman–Crippen LogP) is 1.77. The summed E-state index contributed by atoms with van der Waals surface area (Å²) in [7, 11) is 0. The third kappa shape index (κ3) is 3.20. The van der Waals surface area contributed by atoms with Crippen molar-refractivity contribution in [3.8, 4) is 0 Å². The Bertz CT molecular complexity index is 451. The first-order chi connectivity index (χ1) is 7.50. The van der Waals surface area contributed by atoms with Crippen molar-refractivity contribution in [3.63, 3.8) is 0 Å². The highest BCUT2D eigenvalue weighted by Gasteiger charge is 2.12. The SMILES string of the molecule is O=C(O)C/C(=C/c1ccccc1F)C(=O)O. The van der Waals surface area contributed by atoms with Crippen molar-refractivity contribution in [2.45, 2.75) is 6.42 Å². The van der Waals surface area contributed by atoms with Crippen LogP contribution in [0, 0.1) is 5.82 Å². The number of rotatable bonds is 4. The minimum absolute atomic E-state index is 0.0566. The molecule has 2 N–H and O–H groups in total. The van der Waals surface area contributed by atoms with Gasteiger partial charge in [-0.3, -0.25) is 4.79 Å². The fourth-order valence-electron chi connectivity index (χ4n) is 1.13. The van der Waals surface area contributed by atoms with Crippen molar-refractivity contribution in [1.29, 1.82) is 0 Å². The molecule has 0 aromatic heterocycles. The summed E-state index contributed by atoms with van der Waals surface area (Å²) in [5, 5.41) is 17.2. The van der Waals surface area contributed by atoms with Crippen LogP contribution in [0.1, 0.15) is 12.0 Å². The summed E-state index contributed by atoms with van der Waals surface area (Å²) in [5.41, 5.74) is -0.307. The van der Waals surface area contributed by atoms with Gasteiger partial charge in [-0.1, -0.05) is 18.2 Å². The number of aliphatic carboxylic acids is 2. The number of hydrogen-bond acceptors (Lipinski definition) is 2. The van der Waals surface area contributed by atoms with E-state index in [-0.39, 0.29) is 11.1 Å². The van der Waals surface area contributed by atoms with Crippen LogP contribution < -0.4 is 0 Å². The summed E-state index contributed by atoms with van der Waals surface area (Å²) in [6.45, 7) is 0. The zero-order chi connectivity index (χ0) is 12.1. The molecule has 84 valence electrons. The van der Waals surface area contributed by atoms with Gasteiger partial charge in [-0.05, 0) is 12.1 Å². The molecular formula is C11H9FO4. The molecule has 1 rings (SSSR count). The summed E-state index contributed by atoms with van der Waals surface area (Å²) >= 11 is 0. The van der Waals surface area contributed by atoms with E-state index in [0.29, 0.717) is 0 Å². The van der Waals surface area contributed by atoms with E-state index >= 15 is 0 Å². The van der Waals surface area contributed by atoms with E-state index in [2.05, 4.69) is 0 Å². The average molecular weight is 224 g/mol. The van der Waals surface area contributed by atoms with E-state index in [1.54, 1.807) is 0 Å². The summed E-state index contributed by atoms with van der Waals surface area (Å²) in [6, 6.07) is 5.55. The highest BCUT2D eigenvalue weighted by Crippen LogP contribution is 2.13. The maximum absolute atomic E-state index is 13.2. The maximum Gasteiger partial charge on any atom is 0.332 e. The lowest BCUT2D eigenvalue weighted by Crippen LogP contribution is -2.06. The van der Waals surface area contributed by atoms with E-state index in [0.717, 1.165) is 6.08 Å². The molecule has 0 aliphatic carbocycles. The molecule has 0 saturated carbocycles. The normalized spacial score (nSPS) is 11.2. The van der Waals surface area contributed by atoms with Gasteiger partial charge in [-0.15, -0.1) is 0 Å². The van der Waals surface area contributed by atoms with Gasteiger partial charge in [-0.2, -0.15) is 0 Å². The molecule has 0 fully saturated rings. The summed E-state index contributed by atoms with van der Waals surface area (Å²) < 4.78 is 13.2. The van der Waals surface area contributed by atoms with Crippen LogP contribution in [0.5, 0.6) is 0 Å². The van der Waals surface area contributed by atoms with Gasteiger partial charge in [0.15, 0.2) is 0 Å². The number of halogens is 1. The van der Waals surface area contributed by atoms with Crippen LogP contribution >= 0.6 is 0 Å². The minimum atomic E-state index is -1.37. The van der Waals surface area contributed by atoms with Gasteiger partial charge in [0.25, 0.3) is 0 Å². The molecule has 1 aromatic rings. The smallest absolute Gasteiger partial charge is 0.332 e. The highest BCUT2D eigenvalue weighted by atomic mass is 19.1. The lowest BCUT2D eigenvalue weighted by Gasteiger charge is -2.00. The molecule has 0 aliphatic heterocycles. The van der Waals surface area contributed by atoms with Crippen molar-refractivity contribution >= 4 is 18.0 Å². The molecular weight excluding hydrogens is 215 g/mol. The number of carboxylic acids is 2. The number of hydrogen-bond donors (Lipinski definition) is 2. The van der Waals surface area contributed by atoms with Crippen LogP contribution in [-0.4, -0.2) is 22.2 Å². The van der Waals surface area contributed by atoms with Gasteiger partial charge >= 0.3 is 11.9 Å². The van der Waals surface area contributed by atoms with Crippen LogP contribution in [0.4, 0.5) is 4.39 Å².